The average molecular weight is 1750 g/mol. The van der Waals surface area contributed by atoms with Crippen LogP contribution in [0, 0.1) is 0 Å². The van der Waals surface area contributed by atoms with Crippen LogP contribution in [0.25, 0.3) is 132 Å². The Morgan fingerprint density at radius 1 is 0.190 bits per heavy atom. The molecule has 0 radical (unpaired) electrons. The minimum atomic E-state index is -0.392. The monoisotopic (exact) mass is 1750 g/mol. The lowest BCUT2D eigenvalue weighted by Gasteiger charge is -2.34. The van der Waals surface area contributed by atoms with Gasteiger partial charge in [-0.05, 0) is 262 Å². The first-order valence-corrected chi connectivity index (χ1v) is 47.8. The minimum Gasteiger partial charge on any atom is -0.456 e. The van der Waals surface area contributed by atoms with Crippen LogP contribution in [-0.4, -0.2) is 0 Å². The van der Waals surface area contributed by atoms with E-state index in [0.717, 1.165) is 56.1 Å². The highest BCUT2D eigenvalue weighted by molar-refractivity contribution is 6.11. The smallest absolute Gasteiger partial charge is 0.137 e. The Labute approximate surface area is 801 Å². The van der Waals surface area contributed by atoms with Gasteiger partial charge in [-0.1, -0.05) is 446 Å². The van der Waals surface area contributed by atoms with Crippen molar-refractivity contribution in [3.05, 3.63) is 577 Å². The summed E-state index contributed by atoms with van der Waals surface area (Å²) in [5, 5.41) is 9.83. The average Bonchev–Trinajstić information content (AvgIpc) is 1.53. The fourth-order valence-electron chi connectivity index (χ4n) is 22.3. The quantitative estimate of drug-likeness (QED) is 0.0954. The van der Waals surface area contributed by atoms with E-state index in [0.29, 0.717) is 0 Å². The number of nitrogens with zero attached hydrogens (tertiary/aromatic N) is 2. The van der Waals surface area contributed by atoms with Gasteiger partial charge in [0, 0.05) is 67.7 Å². The Kier molecular flexibility index (Phi) is 21.0. The maximum absolute atomic E-state index is 6.52. The van der Waals surface area contributed by atoms with Gasteiger partial charge < -0.3 is 14.2 Å². The normalized spacial score (nSPS) is 13.3. The van der Waals surface area contributed by atoms with Crippen molar-refractivity contribution < 1.29 is 4.42 Å². The van der Waals surface area contributed by atoms with E-state index < -0.39 is 5.41 Å². The molecule has 0 spiro atoms. The number of anilines is 6. The van der Waals surface area contributed by atoms with Crippen molar-refractivity contribution in [1.82, 2.24) is 0 Å². The Balaban J connectivity index is 0.000000112. The van der Waals surface area contributed by atoms with Crippen molar-refractivity contribution in [3.63, 3.8) is 0 Å². The van der Waals surface area contributed by atoms with Gasteiger partial charge >= 0.3 is 0 Å². The van der Waals surface area contributed by atoms with Crippen LogP contribution in [0.3, 0.4) is 0 Å². The largest absolute Gasteiger partial charge is 0.456 e. The van der Waals surface area contributed by atoms with Crippen molar-refractivity contribution in [2.24, 2.45) is 0 Å². The van der Waals surface area contributed by atoms with Crippen LogP contribution in [0.1, 0.15) is 94.8 Å². The van der Waals surface area contributed by atoms with Crippen LogP contribution < -0.4 is 9.80 Å². The third-order valence-corrected chi connectivity index (χ3v) is 29.2. The molecule has 3 nitrogen and oxygen atoms in total. The molecular formula is C134H98N2O. The van der Waals surface area contributed by atoms with Crippen LogP contribution in [0.4, 0.5) is 34.1 Å². The summed E-state index contributed by atoms with van der Waals surface area (Å²) in [4.78, 5) is 4.75. The number of hydrogen-bond acceptors (Lipinski definition) is 3. The lowest BCUT2D eigenvalue weighted by Crippen LogP contribution is -2.28. The summed E-state index contributed by atoms with van der Waals surface area (Å²) >= 11 is 0. The number of furan rings is 1. The molecule has 0 bridgehead atoms. The molecule has 0 aliphatic heterocycles. The molecule has 137 heavy (non-hydrogen) atoms. The SMILES string of the molecule is CC1(C)c2cc(N(c3ccc(-c4ccccc4)cc3)c3ccc(-c4ccccc4)cc3)ccc2-c2c1ccc1ccccc21.CC1(C)c2ccccc2-c2ccc(N(c3ccc(-c4ccccc4)cc3)c3ccc4c(c3)oc3cc5ccccc5cc34)cc21.c1ccc(C(c2ccc(-c3ccc4ccccc4c3)cc2)c2ccc(C3(c4ccccc4)c4ccccc4-c4ccccc43)cc2)cc1. The number of benzene rings is 22. The molecule has 0 saturated heterocycles. The van der Waals surface area contributed by atoms with Gasteiger partial charge in [0.1, 0.15) is 11.2 Å². The van der Waals surface area contributed by atoms with Gasteiger partial charge in [0.25, 0.3) is 0 Å². The fourth-order valence-corrected chi connectivity index (χ4v) is 22.3. The van der Waals surface area contributed by atoms with Crippen LogP contribution >= 0.6 is 0 Å². The molecule has 22 aromatic carbocycles. The lowest BCUT2D eigenvalue weighted by atomic mass is 9.67. The molecule has 1 atom stereocenters. The van der Waals surface area contributed by atoms with E-state index in [2.05, 4.69) is 553 Å². The summed E-state index contributed by atoms with van der Waals surface area (Å²) in [7, 11) is 0. The first kappa shape index (κ1) is 83.1. The molecule has 1 aromatic heterocycles. The van der Waals surface area contributed by atoms with E-state index in [4.69, 9.17) is 4.42 Å². The molecule has 0 N–H and O–H groups in total. The molecule has 3 aliphatic rings. The van der Waals surface area contributed by atoms with Gasteiger partial charge in [0.2, 0.25) is 0 Å². The second kappa shape index (κ2) is 34.6. The lowest BCUT2D eigenvalue weighted by molar-refractivity contribution is 0.660. The minimum absolute atomic E-state index is 0.0878. The van der Waals surface area contributed by atoms with Gasteiger partial charge in [-0.3, -0.25) is 0 Å². The van der Waals surface area contributed by atoms with Gasteiger partial charge in [-0.15, -0.1) is 0 Å². The summed E-state index contributed by atoms with van der Waals surface area (Å²) in [6.07, 6.45) is 0. The van der Waals surface area contributed by atoms with Gasteiger partial charge in [0.15, 0.2) is 0 Å². The molecule has 0 fully saturated rings. The second-order valence-corrected chi connectivity index (χ2v) is 37.7. The van der Waals surface area contributed by atoms with Crippen LogP contribution in [0.15, 0.2) is 520 Å². The highest BCUT2D eigenvalue weighted by Crippen LogP contribution is 2.58. The molecule has 3 heteroatoms. The molecular weight excluding hydrogens is 1650 g/mol. The molecule has 3 aliphatic carbocycles. The number of hydrogen-bond donors (Lipinski definition) is 0. The topological polar surface area (TPSA) is 19.6 Å². The fraction of sp³-hybridized carbons (Fsp3) is 0.0597. The van der Waals surface area contributed by atoms with Crippen molar-refractivity contribution >= 4 is 88.4 Å². The number of rotatable bonds is 15. The Morgan fingerprint density at radius 2 is 0.533 bits per heavy atom. The molecule has 650 valence electrons. The molecule has 0 amide bonds. The van der Waals surface area contributed by atoms with E-state index in [1.807, 2.05) is 0 Å². The van der Waals surface area contributed by atoms with Crippen LogP contribution in [-0.2, 0) is 16.2 Å². The molecule has 0 saturated carbocycles. The van der Waals surface area contributed by atoms with E-state index in [-0.39, 0.29) is 16.7 Å². The van der Waals surface area contributed by atoms with Crippen LogP contribution in [0.2, 0.25) is 0 Å². The third-order valence-electron chi connectivity index (χ3n) is 29.2. The summed E-state index contributed by atoms with van der Waals surface area (Å²) in [6, 6.07) is 188. The Morgan fingerprint density at radius 3 is 1.09 bits per heavy atom. The zero-order valence-corrected chi connectivity index (χ0v) is 77.0. The predicted octanol–water partition coefficient (Wildman–Crippen LogP) is 36.2. The van der Waals surface area contributed by atoms with Gasteiger partial charge in [-0.2, -0.15) is 0 Å². The van der Waals surface area contributed by atoms with E-state index in [9.17, 15) is 0 Å². The predicted molar refractivity (Wildman–Crippen MR) is 576 cm³/mol. The summed E-state index contributed by atoms with van der Waals surface area (Å²) in [5.74, 6) is 0.113. The first-order chi connectivity index (χ1) is 67.4. The summed E-state index contributed by atoms with van der Waals surface area (Å²) < 4.78 is 6.52. The first-order valence-electron chi connectivity index (χ1n) is 47.8. The van der Waals surface area contributed by atoms with Gasteiger partial charge in [-0.25, -0.2) is 0 Å². The molecule has 26 rings (SSSR count). The Hall–Kier alpha value is -17.0. The van der Waals surface area contributed by atoms with Crippen molar-refractivity contribution in [3.8, 4) is 77.9 Å². The third kappa shape index (κ3) is 14.8. The molecule has 1 heterocycles. The zero-order valence-electron chi connectivity index (χ0n) is 77.0. The maximum Gasteiger partial charge on any atom is 0.137 e. The standard InChI is InChI=1S/C48H34.C43H31NO.C43H33N/c1-3-14-36(15-4-1)47(37-26-23-35(24-27-37)40-28-25-34-13-7-8-16-39(34)33-40)38-29-31-42(32-30-38)48(41-17-5-2-6-18-41)45-21-11-9-19-43(45)44-20-10-12-22-46(44)48;1-43(2)39-15-9-8-14-35(39)36-22-20-33(26-40(36)43)44(32-18-16-29(17-19-32)28-10-4-3-5-11-28)34-21-23-37-38-24-30-12-6-7-13-31(30)25-41(38)45-42(37)27-34;1-43(2)40-28-21-34-15-9-10-16-38(34)42(40)39-27-26-37(29-41(39)43)44(35-22-17-32(18-23-35)30-11-5-3-6-12-30)36-24-19-33(20-25-36)31-13-7-4-8-14-31/h1-33,47H;3-27H,1-2H3;3-29H,1-2H3. The van der Waals surface area contributed by atoms with Crippen molar-refractivity contribution in [2.75, 3.05) is 9.80 Å². The van der Waals surface area contributed by atoms with Gasteiger partial charge in [0.05, 0.1) is 5.41 Å². The summed E-state index contributed by atoms with van der Waals surface area (Å²) in [5.41, 5.74) is 40.3. The van der Waals surface area contributed by atoms with Crippen molar-refractivity contribution in [2.45, 2.75) is 49.9 Å². The highest BCUT2D eigenvalue weighted by Gasteiger charge is 2.46. The Bertz CT molecular complexity index is 8330. The molecule has 23 aromatic rings. The van der Waals surface area contributed by atoms with E-state index in [1.54, 1.807) is 0 Å². The molecule has 1 unspecified atom stereocenters. The van der Waals surface area contributed by atoms with Crippen LogP contribution in [0.5, 0.6) is 0 Å². The highest BCUT2D eigenvalue weighted by atomic mass is 16.3. The maximum atomic E-state index is 6.52. The van der Waals surface area contributed by atoms with Crippen molar-refractivity contribution in [1.29, 1.82) is 0 Å². The summed E-state index contributed by atoms with van der Waals surface area (Å²) in [6.45, 7) is 9.41. The second-order valence-electron chi connectivity index (χ2n) is 37.7. The zero-order chi connectivity index (χ0) is 91.7. The van der Waals surface area contributed by atoms with E-state index in [1.165, 1.54) is 171 Å². The number of fused-ring (bicyclic) bond motifs is 16. The van der Waals surface area contributed by atoms with E-state index >= 15 is 0 Å².